The molecule has 1 atom stereocenters. The predicted molar refractivity (Wildman–Crippen MR) is 109 cm³/mol. The number of carbonyl (C=O) groups is 3. The maximum absolute atomic E-state index is 12.9. The highest BCUT2D eigenvalue weighted by Gasteiger charge is 2.31. The minimum atomic E-state index is -0.147. The number of nitrogens with zero attached hydrogens (tertiary/aromatic N) is 5. The second-order valence-corrected chi connectivity index (χ2v) is 8.32. The molecule has 2 fully saturated rings. The minimum absolute atomic E-state index is 0.0961. The van der Waals surface area contributed by atoms with Crippen molar-refractivity contribution in [3.8, 4) is 0 Å². The van der Waals surface area contributed by atoms with E-state index in [0.29, 0.717) is 52.0 Å². The molecule has 0 N–H and O–H groups in total. The van der Waals surface area contributed by atoms with Crippen LogP contribution >= 0.6 is 0 Å². The van der Waals surface area contributed by atoms with Gasteiger partial charge in [0.25, 0.3) is 0 Å². The molecule has 160 valence electrons. The number of aryl methyl sites for hydroxylation is 2. The summed E-state index contributed by atoms with van der Waals surface area (Å²) in [7, 11) is 1.83. The molecule has 8 nitrogen and oxygen atoms in total. The summed E-state index contributed by atoms with van der Waals surface area (Å²) in [5.41, 5.74) is 2.07. The molecular formula is C21H33N5O3. The Morgan fingerprint density at radius 3 is 2.52 bits per heavy atom. The van der Waals surface area contributed by atoms with E-state index in [1.165, 1.54) is 0 Å². The quantitative estimate of drug-likeness (QED) is 0.654. The van der Waals surface area contributed by atoms with Gasteiger partial charge in [0.2, 0.25) is 17.7 Å². The molecule has 0 bridgehead atoms. The number of carbonyl (C=O) groups excluding carboxylic acids is 3. The summed E-state index contributed by atoms with van der Waals surface area (Å²) in [5, 5.41) is 4.45. The molecule has 2 aliphatic rings. The van der Waals surface area contributed by atoms with E-state index in [4.69, 9.17) is 0 Å². The Kier molecular flexibility index (Phi) is 6.92. The third-order valence-electron chi connectivity index (χ3n) is 6.00. The number of piperidine rings is 1. The van der Waals surface area contributed by atoms with Gasteiger partial charge in [0.15, 0.2) is 0 Å². The van der Waals surface area contributed by atoms with E-state index in [9.17, 15) is 14.4 Å². The van der Waals surface area contributed by atoms with Crippen molar-refractivity contribution >= 4 is 17.7 Å². The molecule has 3 rings (SSSR count). The van der Waals surface area contributed by atoms with Gasteiger partial charge in [-0.15, -0.1) is 0 Å². The summed E-state index contributed by atoms with van der Waals surface area (Å²) in [4.78, 5) is 42.3. The number of amides is 3. The molecule has 29 heavy (non-hydrogen) atoms. The summed E-state index contributed by atoms with van der Waals surface area (Å²) in [6.45, 7) is 7.87. The maximum atomic E-state index is 12.9. The fraction of sp³-hybridized carbons (Fsp3) is 0.714. The lowest BCUT2D eigenvalue weighted by atomic mass is 9.96. The summed E-state index contributed by atoms with van der Waals surface area (Å²) >= 11 is 0. The van der Waals surface area contributed by atoms with Crippen LogP contribution in [0.1, 0.15) is 43.5 Å². The lowest BCUT2D eigenvalue weighted by Gasteiger charge is -2.34. The zero-order valence-electron chi connectivity index (χ0n) is 17.9. The molecule has 3 heterocycles. The second-order valence-electron chi connectivity index (χ2n) is 8.32. The third kappa shape index (κ3) is 5.36. The highest BCUT2D eigenvalue weighted by molar-refractivity contribution is 5.83. The van der Waals surface area contributed by atoms with Gasteiger partial charge in [-0.2, -0.15) is 5.10 Å². The fourth-order valence-corrected chi connectivity index (χ4v) is 4.29. The second kappa shape index (κ2) is 9.41. The van der Waals surface area contributed by atoms with Crippen molar-refractivity contribution < 1.29 is 14.4 Å². The van der Waals surface area contributed by atoms with E-state index >= 15 is 0 Å². The molecule has 2 aliphatic heterocycles. The molecule has 1 aromatic rings. The first kappa shape index (κ1) is 21.3. The van der Waals surface area contributed by atoms with Crippen LogP contribution in [0.15, 0.2) is 6.07 Å². The molecule has 1 aromatic heterocycles. The van der Waals surface area contributed by atoms with Crippen molar-refractivity contribution in [2.24, 2.45) is 5.92 Å². The Balaban J connectivity index is 1.46. The van der Waals surface area contributed by atoms with Crippen LogP contribution in [0.3, 0.4) is 0 Å². The van der Waals surface area contributed by atoms with Crippen molar-refractivity contribution in [3.05, 3.63) is 17.5 Å². The van der Waals surface area contributed by atoms with Crippen LogP contribution in [0, 0.1) is 19.8 Å². The minimum Gasteiger partial charge on any atom is -0.344 e. The van der Waals surface area contributed by atoms with Gasteiger partial charge < -0.3 is 14.7 Å². The van der Waals surface area contributed by atoms with Crippen LogP contribution in [0.2, 0.25) is 0 Å². The van der Waals surface area contributed by atoms with Crippen LogP contribution in [0.5, 0.6) is 0 Å². The predicted octanol–water partition coefficient (Wildman–Crippen LogP) is 1.21. The zero-order valence-corrected chi connectivity index (χ0v) is 17.9. The Morgan fingerprint density at radius 1 is 1.14 bits per heavy atom. The standard InChI is InChI=1S/C21H33N5O3/c1-16-14-17(2)26(22-16)13-12-23(3)21(29)18-7-8-20(28)25(15-18)11-5-10-24-9-4-6-19(24)27/h14,18H,4-13,15H2,1-3H3/t18-/m1/s1. The molecule has 0 aliphatic carbocycles. The van der Waals surface area contributed by atoms with Gasteiger partial charge >= 0.3 is 0 Å². The Labute approximate surface area is 172 Å². The SMILES string of the molecule is Cc1cc(C)n(CCN(C)C(=O)[C@@H]2CCC(=O)N(CCCN3CCCC3=O)C2)n1. The molecule has 0 spiro atoms. The lowest BCUT2D eigenvalue weighted by molar-refractivity contribution is -0.142. The number of aromatic nitrogens is 2. The number of likely N-dealkylation sites (N-methyl/N-ethyl adjacent to an activating group) is 1. The first-order chi connectivity index (χ1) is 13.8. The summed E-state index contributed by atoms with van der Waals surface area (Å²) < 4.78 is 1.93. The van der Waals surface area contributed by atoms with E-state index < -0.39 is 0 Å². The molecule has 0 radical (unpaired) electrons. The van der Waals surface area contributed by atoms with Gasteiger partial charge in [-0.05, 0) is 39.2 Å². The molecule has 2 saturated heterocycles. The van der Waals surface area contributed by atoms with Crippen molar-refractivity contribution in [2.75, 3.05) is 39.8 Å². The van der Waals surface area contributed by atoms with Crippen LogP contribution in [0.25, 0.3) is 0 Å². The highest BCUT2D eigenvalue weighted by Crippen LogP contribution is 2.20. The highest BCUT2D eigenvalue weighted by atomic mass is 16.2. The van der Waals surface area contributed by atoms with E-state index in [-0.39, 0.29) is 23.6 Å². The molecular weight excluding hydrogens is 370 g/mol. The first-order valence-electron chi connectivity index (χ1n) is 10.7. The summed E-state index contributed by atoms with van der Waals surface area (Å²) in [6, 6.07) is 2.03. The van der Waals surface area contributed by atoms with Crippen LogP contribution < -0.4 is 0 Å². The summed E-state index contributed by atoms with van der Waals surface area (Å²) in [5.74, 6) is 0.282. The number of hydrogen-bond donors (Lipinski definition) is 0. The van der Waals surface area contributed by atoms with Gasteiger partial charge in [0.1, 0.15) is 0 Å². The fourth-order valence-electron chi connectivity index (χ4n) is 4.29. The Morgan fingerprint density at radius 2 is 1.86 bits per heavy atom. The monoisotopic (exact) mass is 403 g/mol. The van der Waals surface area contributed by atoms with Gasteiger partial charge in [-0.3, -0.25) is 19.1 Å². The van der Waals surface area contributed by atoms with E-state index in [1.807, 2.05) is 41.4 Å². The average molecular weight is 404 g/mol. The van der Waals surface area contributed by atoms with Crippen molar-refractivity contribution in [2.45, 2.75) is 52.5 Å². The normalized spacial score (nSPS) is 19.9. The van der Waals surface area contributed by atoms with Crippen molar-refractivity contribution in [3.63, 3.8) is 0 Å². The van der Waals surface area contributed by atoms with Gasteiger partial charge in [0, 0.05) is 58.3 Å². The number of rotatable bonds is 8. The topological polar surface area (TPSA) is 78.8 Å². The van der Waals surface area contributed by atoms with Gasteiger partial charge in [-0.1, -0.05) is 0 Å². The number of hydrogen-bond acceptors (Lipinski definition) is 4. The zero-order chi connectivity index (χ0) is 21.0. The van der Waals surface area contributed by atoms with Crippen molar-refractivity contribution in [1.82, 2.24) is 24.5 Å². The Hall–Kier alpha value is -2.38. The summed E-state index contributed by atoms with van der Waals surface area (Å²) in [6.07, 6.45) is 3.38. The van der Waals surface area contributed by atoms with E-state index in [0.717, 1.165) is 30.8 Å². The van der Waals surface area contributed by atoms with E-state index in [1.54, 1.807) is 4.90 Å². The largest absolute Gasteiger partial charge is 0.344 e. The molecule has 0 unspecified atom stereocenters. The van der Waals surface area contributed by atoms with Gasteiger partial charge in [-0.25, -0.2) is 0 Å². The van der Waals surface area contributed by atoms with E-state index in [2.05, 4.69) is 5.10 Å². The Bertz CT molecular complexity index is 759. The van der Waals surface area contributed by atoms with Crippen molar-refractivity contribution in [1.29, 1.82) is 0 Å². The lowest BCUT2D eigenvalue weighted by Crippen LogP contribution is -2.47. The maximum Gasteiger partial charge on any atom is 0.227 e. The van der Waals surface area contributed by atoms with Crippen LogP contribution in [0.4, 0.5) is 0 Å². The molecule has 3 amide bonds. The molecule has 0 saturated carbocycles. The number of likely N-dealkylation sites (tertiary alicyclic amines) is 2. The van der Waals surface area contributed by atoms with Crippen LogP contribution in [-0.4, -0.2) is 82.0 Å². The third-order valence-corrected chi connectivity index (χ3v) is 6.00. The first-order valence-corrected chi connectivity index (χ1v) is 10.7. The van der Waals surface area contributed by atoms with Crippen LogP contribution in [-0.2, 0) is 20.9 Å². The smallest absolute Gasteiger partial charge is 0.227 e. The van der Waals surface area contributed by atoms with Gasteiger partial charge in [0.05, 0.1) is 18.2 Å². The average Bonchev–Trinajstić information content (AvgIpc) is 3.24. The molecule has 8 heteroatoms. The molecule has 0 aromatic carbocycles.